The first kappa shape index (κ1) is 25.7. The van der Waals surface area contributed by atoms with Gasteiger partial charge in [-0.05, 0) is 58.4 Å². The van der Waals surface area contributed by atoms with E-state index < -0.39 is 29.5 Å². The second-order valence-corrected chi connectivity index (χ2v) is 9.34. The summed E-state index contributed by atoms with van der Waals surface area (Å²) in [5.74, 6) is -1.55. The van der Waals surface area contributed by atoms with Crippen LogP contribution in [0.2, 0.25) is 0 Å². The van der Waals surface area contributed by atoms with E-state index in [1.165, 1.54) is 0 Å². The molecule has 2 amide bonds. The Morgan fingerprint density at radius 1 is 1.23 bits per heavy atom. The van der Waals surface area contributed by atoms with Crippen LogP contribution in [0.1, 0.15) is 51.4 Å². The Hall–Kier alpha value is -3.89. The number of hydrogen-bond acceptors (Lipinski definition) is 7. The first-order chi connectivity index (χ1) is 16.4. The maximum atomic E-state index is 14.9. The van der Waals surface area contributed by atoms with Gasteiger partial charge in [-0.2, -0.15) is 5.10 Å². The molecule has 0 radical (unpaired) electrons. The molecule has 0 saturated heterocycles. The number of ether oxygens (including phenoxy) is 1. The number of anilines is 3. The number of halogens is 1. The molecule has 0 aliphatic carbocycles. The number of hydrogen-bond donors (Lipinski definition) is 4. The number of nitrogens with two attached hydrogens (primary N) is 1. The minimum atomic E-state index is -0.820. The van der Waals surface area contributed by atoms with E-state index in [2.05, 4.69) is 26.0 Å². The van der Waals surface area contributed by atoms with Gasteiger partial charge < -0.3 is 26.4 Å². The second kappa shape index (κ2) is 10.2. The van der Waals surface area contributed by atoms with Gasteiger partial charge in [0.25, 0.3) is 5.91 Å². The normalized spacial score (nSPS) is 13.2. The van der Waals surface area contributed by atoms with Crippen molar-refractivity contribution < 1.29 is 18.7 Å². The molecule has 2 heterocycles. The van der Waals surface area contributed by atoms with Crippen molar-refractivity contribution in [3.63, 3.8) is 0 Å². The van der Waals surface area contributed by atoms with Crippen molar-refractivity contribution in [3.8, 4) is 0 Å². The molecule has 11 heteroatoms. The quantitative estimate of drug-likeness (QED) is 0.378. The monoisotopic (exact) mass is 485 g/mol. The molecule has 35 heavy (non-hydrogen) atoms. The number of amides is 2. The fraction of sp³-hybridized carbons (Fsp3) is 0.417. The Morgan fingerprint density at radius 3 is 2.57 bits per heavy atom. The Kier molecular flexibility index (Phi) is 7.47. The number of alkyl carbamates (subject to hydrolysis) is 1. The standard InChI is InChI=1S/C24H32FN7O3/c1-7-18(30-23(34)35-24(3,4)5)13(2)28-22-17(25)11-16(20(26)33)21(31-22)29-15-8-9-19-14(10-15)12-27-32(19)6/h8-13,18H,7H2,1-6H3,(H2,26,33)(H,30,34)(H2,28,29,31)/t13-,18+/m1/s1. The number of nitrogens with zero attached hydrogens (tertiary/aromatic N) is 3. The van der Waals surface area contributed by atoms with E-state index in [0.717, 1.165) is 17.0 Å². The summed E-state index contributed by atoms with van der Waals surface area (Å²) in [7, 11) is 1.84. The Bertz CT molecular complexity index is 1240. The summed E-state index contributed by atoms with van der Waals surface area (Å²) < 4.78 is 21.9. The van der Waals surface area contributed by atoms with Crippen LogP contribution in [0.4, 0.5) is 26.5 Å². The molecule has 0 aliphatic rings. The summed E-state index contributed by atoms with van der Waals surface area (Å²) in [4.78, 5) is 28.5. The largest absolute Gasteiger partial charge is 0.444 e. The first-order valence-electron chi connectivity index (χ1n) is 11.3. The SMILES string of the molecule is CC[C@H](NC(=O)OC(C)(C)C)[C@@H](C)Nc1nc(Nc2ccc3c(cnn3C)c2)c(C(N)=O)cc1F. The molecule has 0 spiro atoms. The predicted octanol–water partition coefficient (Wildman–Crippen LogP) is 4.05. The number of benzene rings is 1. The van der Waals surface area contributed by atoms with Gasteiger partial charge in [0, 0.05) is 24.2 Å². The zero-order chi connectivity index (χ0) is 25.9. The van der Waals surface area contributed by atoms with E-state index in [1.807, 2.05) is 26.1 Å². The van der Waals surface area contributed by atoms with Gasteiger partial charge in [0.15, 0.2) is 11.6 Å². The molecule has 188 valence electrons. The number of carbonyl (C=O) groups excluding carboxylic acids is 2. The third kappa shape index (κ3) is 6.37. The van der Waals surface area contributed by atoms with Crippen molar-refractivity contribution in [2.75, 3.05) is 10.6 Å². The molecule has 0 aliphatic heterocycles. The highest BCUT2D eigenvalue weighted by Gasteiger charge is 2.24. The van der Waals surface area contributed by atoms with Gasteiger partial charge in [0.2, 0.25) is 0 Å². The number of primary amides is 1. The number of aryl methyl sites for hydroxylation is 1. The van der Waals surface area contributed by atoms with Gasteiger partial charge in [-0.1, -0.05) is 6.92 Å². The van der Waals surface area contributed by atoms with E-state index in [9.17, 15) is 14.0 Å². The molecule has 2 aromatic heterocycles. The van der Waals surface area contributed by atoms with Crippen molar-refractivity contribution in [3.05, 3.63) is 41.8 Å². The highest BCUT2D eigenvalue weighted by atomic mass is 19.1. The highest BCUT2D eigenvalue weighted by Crippen LogP contribution is 2.26. The molecule has 2 atom stereocenters. The molecule has 0 bridgehead atoms. The van der Waals surface area contributed by atoms with Crippen molar-refractivity contribution in [2.24, 2.45) is 12.8 Å². The van der Waals surface area contributed by atoms with Gasteiger partial charge >= 0.3 is 6.09 Å². The summed E-state index contributed by atoms with van der Waals surface area (Å²) in [6, 6.07) is 5.77. The number of pyridine rings is 1. The van der Waals surface area contributed by atoms with Gasteiger partial charge in [0.05, 0.1) is 23.3 Å². The van der Waals surface area contributed by atoms with Gasteiger partial charge in [0.1, 0.15) is 11.4 Å². The first-order valence-corrected chi connectivity index (χ1v) is 11.3. The van der Waals surface area contributed by atoms with Gasteiger partial charge in [-0.3, -0.25) is 9.48 Å². The maximum absolute atomic E-state index is 14.9. The predicted molar refractivity (Wildman–Crippen MR) is 133 cm³/mol. The maximum Gasteiger partial charge on any atom is 0.407 e. The minimum Gasteiger partial charge on any atom is -0.444 e. The second-order valence-electron chi connectivity index (χ2n) is 9.34. The molecule has 5 N–H and O–H groups in total. The van der Waals surface area contributed by atoms with Crippen LogP contribution in [0, 0.1) is 5.82 Å². The van der Waals surface area contributed by atoms with Crippen LogP contribution >= 0.6 is 0 Å². The Balaban J connectivity index is 1.84. The Morgan fingerprint density at radius 2 is 1.94 bits per heavy atom. The fourth-order valence-corrected chi connectivity index (χ4v) is 3.61. The van der Waals surface area contributed by atoms with E-state index in [4.69, 9.17) is 10.5 Å². The lowest BCUT2D eigenvalue weighted by Crippen LogP contribution is -2.47. The number of aromatic nitrogens is 3. The van der Waals surface area contributed by atoms with E-state index in [1.54, 1.807) is 44.6 Å². The van der Waals surface area contributed by atoms with Crippen LogP contribution < -0.4 is 21.7 Å². The summed E-state index contributed by atoms with van der Waals surface area (Å²) in [6.45, 7) is 9.00. The summed E-state index contributed by atoms with van der Waals surface area (Å²) in [5.41, 5.74) is 6.30. The number of rotatable bonds is 8. The van der Waals surface area contributed by atoms with Gasteiger partial charge in [-0.15, -0.1) is 0 Å². The van der Waals surface area contributed by atoms with Crippen molar-refractivity contribution in [1.29, 1.82) is 0 Å². The lowest BCUT2D eigenvalue weighted by Gasteiger charge is -2.27. The zero-order valence-electron chi connectivity index (χ0n) is 20.8. The van der Waals surface area contributed by atoms with Crippen LogP contribution in [0.15, 0.2) is 30.5 Å². The summed E-state index contributed by atoms with van der Waals surface area (Å²) in [5, 5.41) is 13.9. The van der Waals surface area contributed by atoms with Crippen molar-refractivity contribution in [1.82, 2.24) is 20.1 Å². The Labute approximate surface area is 203 Å². The lowest BCUT2D eigenvalue weighted by atomic mass is 10.1. The molecule has 3 rings (SSSR count). The number of carbonyl (C=O) groups is 2. The van der Waals surface area contributed by atoms with Crippen LogP contribution in [0.3, 0.4) is 0 Å². The minimum absolute atomic E-state index is 0.0862. The third-order valence-corrected chi connectivity index (χ3v) is 5.36. The van der Waals surface area contributed by atoms with E-state index in [-0.39, 0.29) is 23.2 Å². The summed E-state index contributed by atoms with van der Waals surface area (Å²) >= 11 is 0. The van der Waals surface area contributed by atoms with Crippen LogP contribution in [0.25, 0.3) is 10.9 Å². The molecule has 1 aromatic carbocycles. The van der Waals surface area contributed by atoms with Crippen LogP contribution in [0.5, 0.6) is 0 Å². The van der Waals surface area contributed by atoms with Crippen LogP contribution in [-0.2, 0) is 11.8 Å². The molecular weight excluding hydrogens is 453 g/mol. The average molecular weight is 486 g/mol. The van der Waals surface area contributed by atoms with Crippen molar-refractivity contribution >= 4 is 40.2 Å². The van der Waals surface area contributed by atoms with E-state index in [0.29, 0.717) is 12.1 Å². The highest BCUT2D eigenvalue weighted by molar-refractivity contribution is 5.99. The molecule has 0 saturated carbocycles. The van der Waals surface area contributed by atoms with E-state index >= 15 is 0 Å². The zero-order valence-corrected chi connectivity index (χ0v) is 20.8. The smallest absolute Gasteiger partial charge is 0.407 e. The molecular formula is C24H32FN7O3. The van der Waals surface area contributed by atoms with Crippen LogP contribution in [-0.4, -0.2) is 44.4 Å². The van der Waals surface area contributed by atoms with Crippen molar-refractivity contribution in [2.45, 2.75) is 58.7 Å². The topological polar surface area (TPSA) is 136 Å². The lowest BCUT2D eigenvalue weighted by molar-refractivity contribution is 0.0498. The third-order valence-electron chi connectivity index (χ3n) is 5.36. The number of fused-ring (bicyclic) bond motifs is 1. The molecule has 10 nitrogen and oxygen atoms in total. The molecule has 0 fully saturated rings. The fourth-order valence-electron chi connectivity index (χ4n) is 3.61. The number of nitrogens with one attached hydrogen (secondary N) is 3. The molecule has 0 unspecified atom stereocenters. The molecule has 3 aromatic rings. The average Bonchev–Trinajstić information content (AvgIpc) is 3.12. The summed E-state index contributed by atoms with van der Waals surface area (Å²) in [6.07, 6.45) is 1.71. The van der Waals surface area contributed by atoms with Gasteiger partial charge in [-0.25, -0.2) is 14.2 Å².